The van der Waals surface area contributed by atoms with Gasteiger partial charge in [-0.1, -0.05) is 67.0 Å². The standard InChI is InChI=1S/C22H37BrO6Si/c1-22(2,3)30(6,7)29-20-19(27-15-24-4)18(17(13-23)28-21(20)25-5)26-14-16-11-9-8-10-12-16/h8-12,17-21H,13-15H2,1-7H3/t17-,18-,19-,20+,21+/m1/s1. The van der Waals surface area contributed by atoms with Crippen molar-refractivity contribution in [3.8, 4) is 0 Å². The minimum absolute atomic E-state index is 0.0315. The summed E-state index contributed by atoms with van der Waals surface area (Å²) in [5.74, 6) is 0. The second kappa shape index (κ2) is 11.5. The molecule has 1 saturated heterocycles. The van der Waals surface area contributed by atoms with Crippen molar-refractivity contribution in [2.45, 2.75) is 76.2 Å². The highest BCUT2D eigenvalue weighted by Gasteiger charge is 2.51. The molecule has 1 aliphatic heterocycles. The summed E-state index contributed by atoms with van der Waals surface area (Å²) in [5.41, 5.74) is 1.09. The lowest BCUT2D eigenvalue weighted by Crippen LogP contribution is -2.64. The van der Waals surface area contributed by atoms with Gasteiger partial charge in [0.15, 0.2) is 14.6 Å². The molecule has 0 radical (unpaired) electrons. The van der Waals surface area contributed by atoms with Crippen LogP contribution >= 0.6 is 15.9 Å². The minimum Gasteiger partial charge on any atom is -0.406 e. The Bertz CT molecular complexity index is 624. The smallest absolute Gasteiger partial charge is 0.192 e. The van der Waals surface area contributed by atoms with Gasteiger partial charge in [-0.3, -0.25) is 0 Å². The third-order valence-electron chi connectivity index (χ3n) is 5.88. The molecule has 1 aromatic rings. The lowest BCUT2D eigenvalue weighted by molar-refractivity contribution is -0.305. The molecule has 1 aliphatic rings. The highest BCUT2D eigenvalue weighted by molar-refractivity contribution is 9.09. The topological polar surface area (TPSA) is 55.4 Å². The Morgan fingerprint density at radius 1 is 1.00 bits per heavy atom. The maximum Gasteiger partial charge on any atom is 0.192 e. The van der Waals surface area contributed by atoms with Gasteiger partial charge >= 0.3 is 0 Å². The first-order chi connectivity index (χ1) is 14.1. The van der Waals surface area contributed by atoms with E-state index < -0.39 is 26.8 Å². The maximum absolute atomic E-state index is 6.74. The number of hydrogen-bond acceptors (Lipinski definition) is 6. The van der Waals surface area contributed by atoms with Crippen LogP contribution in [-0.4, -0.2) is 65.4 Å². The van der Waals surface area contributed by atoms with Crippen LogP contribution in [0.5, 0.6) is 0 Å². The van der Waals surface area contributed by atoms with Crippen LogP contribution in [0.4, 0.5) is 0 Å². The minimum atomic E-state index is -2.13. The SMILES string of the molecule is COCO[C@H]1[C@H](O[Si](C)(C)C(C)(C)C)[C@@H](OC)O[C@H](CBr)[C@H]1OCc1ccccc1. The highest BCUT2D eigenvalue weighted by Crippen LogP contribution is 2.40. The number of benzene rings is 1. The van der Waals surface area contributed by atoms with Gasteiger partial charge in [0.25, 0.3) is 0 Å². The molecule has 1 heterocycles. The van der Waals surface area contributed by atoms with Gasteiger partial charge in [-0.2, -0.15) is 0 Å². The molecule has 1 aromatic carbocycles. The Morgan fingerprint density at radius 3 is 2.20 bits per heavy atom. The van der Waals surface area contributed by atoms with Gasteiger partial charge in [-0.05, 0) is 23.7 Å². The summed E-state index contributed by atoms with van der Waals surface area (Å²) in [4.78, 5) is 0. The predicted molar refractivity (Wildman–Crippen MR) is 123 cm³/mol. The zero-order chi connectivity index (χ0) is 22.4. The quantitative estimate of drug-likeness (QED) is 0.261. The van der Waals surface area contributed by atoms with E-state index in [1.165, 1.54) is 0 Å². The Kier molecular flexibility index (Phi) is 9.95. The Balaban J connectivity index is 2.31. The first-order valence-corrected chi connectivity index (χ1v) is 14.4. The summed E-state index contributed by atoms with van der Waals surface area (Å²) in [6, 6.07) is 10.1. The normalized spacial score (nSPS) is 27.9. The van der Waals surface area contributed by atoms with Gasteiger partial charge in [0, 0.05) is 19.5 Å². The van der Waals surface area contributed by atoms with Crippen molar-refractivity contribution in [1.29, 1.82) is 0 Å². The van der Waals surface area contributed by atoms with Gasteiger partial charge in [-0.15, -0.1) is 0 Å². The Labute approximate surface area is 190 Å². The van der Waals surface area contributed by atoms with Gasteiger partial charge in [0.05, 0.1) is 12.7 Å². The van der Waals surface area contributed by atoms with Crippen LogP contribution in [0.2, 0.25) is 18.1 Å². The molecular weight excluding hydrogens is 468 g/mol. The van der Waals surface area contributed by atoms with Crippen molar-refractivity contribution in [2.24, 2.45) is 0 Å². The molecule has 0 aliphatic carbocycles. The van der Waals surface area contributed by atoms with E-state index in [0.29, 0.717) is 11.9 Å². The lowest BCUT2D eigenvalue weighted by Gasteiger charge is -2.49. The molecule has 0 amide bonds. The van der Waals surface area contributed by atoms with Crippen LogP contribution in [-0.2, 0) is 34.7 Å². The van der Waals surface area contributed by atoms with E-state index in [-0.39, 0.29) is 24.0 Å². The fourth-order valence-electron chi connectivity index (χ4n) is 3.14. The number of halogens is 1. The zero-order valence-corrected chi connectivity index (χ0v) is 21.8. The highest BCUT2D eigenvalue weighted by atomic mass is 79.9. The first-order valence-electron chi connectivity index (χ1n) is 10.3. The first kappa shape index (κ1) is 25.9. The molecule has 6 nitrogen and oxygen atoms in total. The summed E-state index contributed by atoms with van der Waals surface area (Å²) >= 11 is 3.56. The van der Waals surface area contributed by atoms with Crippen LogP contribution in [0.25, 0.3) is 0 Å². The fraction of sp³-hybridized carbons (Fsp3) is 0.727. The molecule has 172 valence electrons. The number of hydrogen-bond donors (Lipinski definition) is 0. The lowest BCUT2D eigenvalue weighted by atomic mass is 9.99. The van der Waals surface area contributed by atoms with Crippen LogP contribution < -0.4 is 0 Å². The molecular formula is C22H37BrO6Si. The number of rotatable bonds is 10. The second-order valence-electron chi connectivity index (χ2n) is 9.07. The average molecular weight is 506 g/mol. The number of alkyl halides is 1. The molecule has 8 heteroatoms. The summed E-state index contributed by atoms with van der Waals surface area (Å²) in [6.07, 6.45) is -1.98. The largest absolute Gasteiger partial charge is 0.406 e. The van der Waals surface area contributed by atoms with Crippen LogP contribution in [0.3, 0.4) is 0 Å². The molecule has 30 heavy (non-hydrogen) atoms. The van der Waals surface area contributed by atoms with E-state index >= 15 is 0 Å². The van der Waals surface area contributed by atoms with E-state index in [2.05, 4.69) is 49.8 Å². The molecule has 0 aromatic heterocycles. The van der Waals surface area contributed by atoms with E-state index in [1.54, 1.807) is 14.2 Å². The third kappa shape index (κ3) is 6.59. The molecule has 5 atom stereocenters. The van der Waals surface area contributed by atoms with Gasteiger partial charge < -0.3 is 28.1 Å². The van der Waals surface area contributed by atoms with E-state index in [1.807, 2.05) is 30.3 Å². The van der Waals surface area contributed by atoms with Crippen molar-refractivity contribution in [2.75, 3.05) is 26.3 Å². The molecule has 0 unspecified atom stereocenters. The van der Waals surface area contributed by atoms with Crippen LogP contribution in [0.1, 0.15) is 26.3 Å². The zero-order valence-electron chi connectivity index (χ0n) is 19.2. The van der Waals surface area contributed by atoms with Crippen molar-refractivity contribution in [3.05, 3.63) is 35.9 Å². The summed E-state index contributed by atoms with van der Waals surface area (Å²) in [5, 5.41) is 0.621. The van der Waals surface area contributed by atoms with E-state index in [9.17, 15) is 0 Å². The molecule has 1 fully saturated rings. The average Bonchev–Trinajstić information content (AvgIpc) is 2.71. The summed E-state index contributed by atoms with van der Waals surface area (Å²) in [7, 11) is 1.12. The Hall–Kier alpha value is -0.323. The van der Waals surface area contributed by atoms with Gasteiger partial charge in [0.2, 0.25) is 0 Å². The second-order valence-corrected chi connectivity index (χ2v) is 14.5. The van der Waals surface area contributed by atoms with Crippen molar-refractivity contribution < 1.29 is 28.1 Å². The van der Waals surface area contributed by atoms with E-state index in [0.717, 1.165) is 5.56 Å². The Morgan fingerprint density at radius 2 is 1.67 bits per heavy atom. The van der Waals surface area contributed by atoms with Gasteiger partial charge in [-0.25, -0.2) is 0 Å². The van der Waals surface area contributed by atoms with Crippen LogP contribution in [0, 0.1) is 0 Å². The summed E-state index contributed by atoms with van der Waals surface area (Å²) < 4.78 is 36.4. The van der Waals surface area contributed by atoms with Crippen molar-refractivity contribution in [1.82, 2.24) is 0 Å². The number of ether oxygens (including phenoxy) is 5. The van der Waals surface area contributed by atoms with Crippen LogP contribution in [0.15, 0.2) is 30.3 Å². The molecule has 0 bridgehead atoms. The van der Waals surface area contributed by atoms with Gasteiger partial charge in [0.1, 0.15) is 25.1 Å². The molecule has 0 spiro atoms. The predicted octanol–water partition coefficient (Wildman–Crippen LogP) is 4.72. The molecule has 2 rings (SSSR count). The number of methoxy groups -OCH3 is 2. The fourth-order valence-corrected chi connectivity index (χ4v) is 4.94. The molecule has 0 N–H and O–H groups in total. The maximum atomic E-state index is 6.74. The van der Waals surface area contributed by atoms with Crippen molar-refractivity contribution in [3.63, 3.8) is 0 Å². The monoisotopic (exact) mass is 504 g/mol. The van der Waals surface area contributed by atoms with Crippen molar-refractivity contribution >= 4 is 24.2 Å². The third-order valence-corrected chi connectivity index (χ3v) is 11.0. The van der Waals surface area contributed by atoms with E-state index in [4.69, 9.17) is 28.1 Å². The molecule has 0 saturated carbocycles. The summed E-state index contributed by atoms with van der Waals surface area (Å²) in [6.45, 7) is 11.6.